The first-order chi connectivity index (χ1) is 11.0. The summed E-state index contributed by atoms with van der Waals surface area (Å²) >= 11 is 1.54. The van der Waals surface area contributed by atoms with E-state index >= 15 is 0 Å². The zero-order chi connectivity index (χ0) is 16.4. The van der Waals surface area contributed by atoms with Crippen LogP contribution in [0.1, 0.15) is 44.4 Å². The van der Waals surface area contributed by atoms with Gasteiger partial charge < -0.3 is 10.1 Å². The Hall–Kier alpha value is -1.88. The quantitative estimate of drug-likeness (QED) is 0.802. The second-order valence-corrected chi connectivity index (χ2v) is 7.18. The van der Waals surface area contributed by atoms with Crippen molar-refractivity contribution in [2.45, 2.75) is 45.6 Å². The van der Waals surface area contributed by atoms with Gasteiger partial charge in [-0.05, 0) is 31.9 Å². The molecule has 1 aliphatic rings. The third-order valence-corrected chi connectivity index (χ3v) is 5.12. The number of carbonyl (C=O) groups is 1. The Kier molecular flexibility index (Phi) is 4.39. The Balaban J connectivity index is 1.77. The van der Waals surface area contributed by atoms with Crippen molar-refractivity contribution in [3.05, 3.63) is 40.9 Å². The first kappa shape index (κ1) is 16.0. The summed E-state index contributed by atoms with van der Waals surface area (Å²) in [5, 5.41) is 6.16. The lowest BCUT2D eigenvalue weighted by Gasteiger charge is -2.19. The van der Waals surface area contributed by atoms with E-state index in [0.29, 0.717) is 6.42 Å². The van der Waals surface area contributed by atoms with E-state index in [-0.39, 0.29) is 11.9 Å². The molecule has 122 valence electrons. The minimum atomic E-state index is -0.598. The lowest BCUT2D eigenvalue weighted by Crippen LogP contribution is -2.21. The Morgan fingerprint density at radius 1 is 1.43 bits per heavy atom. The summed E-state index contributed by atoms with van der Waals surface area (Å²) in [5.41, 5.74) is 2.46. The van der Waals surface area contributed by atoms with Gasteiger partial charge in [-0.2, -0.15) is 0 Å². The number of rotatable bonds is 5. The molecule has 1 aromatic carbocycles. The first-order valence-electron chi connectivity index (χ1n) is 8.03. The fourth-order valence-corrected chi connectivity index (χ4v) is 3.87. The van der Waals surface area contributed by atoms with Gasteiger partial charge in [0.05, 0.1) is 11.6 Å². The minimum absolute atomic E-state index is 0.000484. The zero-order valence-electron chi connectivity index (χ0n) is 13.8. The number of carbonyl (C=O) groups excluding carboxylic acids is 1. The maximum Gasteiger partial charge on any atom is 0.310 e. The van der Waals surface area contributed by atoms with Crippen molar-refractivity contribution in [2.24, 2.45) is 5.92 Å². The summed E-state index contributed by atoms with van der Waals surface area (Å²) in [6.07, 6.45) is 2.59. The van der Waals surface area contributed by atoms with E-state index in [2.05, 4.69) is 30.2 Å². The van der Waals surface area contributed by atoms with E-state index in [9.17, 15) is 4.79 Å². The van der Waals surface area contributed by atoms with Crippen LogP contribution >= 0.6 is 11.3 Å². The maximum absolute atomic E-state index is 12.0. The van der Waals surface area contributed by atoms with Crippen molar-refractivity contribution in [3.8, 4) is 0 Å². The largest absolute Gasteiger partial charge is 0.453 e. The molecule has 4 nitrogen and oxygen atoms in total. The van der Waals surface area contributed by atoms with Gasteiger partial charge in [0, 0.05) is 17.5 Å². The highest BCUT2D eigenvalue weighted by Crippen LogP contribution is 2.42. The van der Waals surface area contributed by atoms with Gasteiger partial charge in [-0.3, -0.25) is 4.79 Å². The molecule has 1 aliphatic heterocycles. The molecule has 2 atom stereocenters. The summed E-state index contributed by atoms with van der Waals surface area (Å²) in [7, 11) is 0. The molecule has 0 bridgehead atoms. The second kappa shape index (κ2) is 6.32. The van der Waals surface area contributed by atoms with Crippen molar-refractivity contribution in [1.82, 2.24) is 4.98 Å². The van der Waals surface area contributed by atoms with Crippen LogP contribution in [0.2, 0.25) is 0 Å². The highest BCUT2D eigenvalue weighted by Gasteiger charge is 2.45. The van der Waals surface area contributed by atoms with Crippen LogP contribution < -0.4 is 5.32 Å². The summed E-state index contributed by atoms with van der Waals surface area (Å²) in [4.78, 5) is 16.7. The number of esters is 1. The number of para-hydroxylation sites is 1. The van der Waals surface area contributed by atoms with E-state index in [1.54, 1.807) is 11.3 Å². The molecule has 23 heavy (non-hydrogen) atoms. The van der Waals surface area contributed by atoms with Gasteiger partial charge in [-0.15, -0.1) is 11.3 Å². The van der Waals surface area contributed by atoms with E-state index < -0.39 is 5.60 Å². The molecule has 0 saturated carbocycles. The van der Waals surface area contributed by atoms with Crippen LogP contribution in [0, 0.1) is 12.8 Å². The van der Waals surface area contributed by atoms with Gasteiger partial charge in [-0.25, -0.2) is 4.98 Å². The molecule has 5 heteroatoms. The smallest absolute Gasteiger partial charge is 0.310 e. The molecule has 1 fully saturated rings. The number of hydrogen-bond acceptors (Lipinski definition) is 5. The molecule has 2 heterocycles. The minimum Gasteiger partial charge on any atom is -0.453 e. The van der Waals surface area contributed by atoms with Gasteiger partial charge in [0.25, 0.3) is 0 Å². The summed E-state index contributed by atoms with van der Waals surface area (Å²) < 4.78 is 5.66. The van der Waals surface area contributed by atoms with Crippen molar-refractivity contribution in [3.63, 3.8) is 0 Å². The molecule has 1 saturated heterocycles. The molecule has 0 spiro atoms. The molecule has 2 aromatic rings. The predicted molar refractivity (Wildman–Crippen MR) is 93.0 cm³/mol. The second-order valence-electron chi connectivity index (χ2n) is 6.32. The van der Waals surface area contributed by atoms with Crippen LogP contribution in [0.5, 0.6) is 0 Å². The number of anilines is 2. The third-order valence-electron chi connectivity index (χ3n) is 4.36. The Morgan fingerprint density at radius 2 is 2.22 bits per heavy atom. The van der Waals surface area contributed by atoms with Crippen molar-refractivity contribution >= 4 is 28.1 Å². The van der Waals surface area contributed by atoms with Crippen LogP contribution in [0.15, 0.2) is 29.6 Å². The van der Waals surface area contributed by atoms with Crippen molar-refractivity contribution in [1.29, 1.82) is 0 Å². The Morgan fingerprint density at radius 3 is 2.96 bits per heavy atom. The van der Waals surface area contributed by atoms with Crippen LogP contribution in [-0.2, 0) is 15.1 Å². The Bertz CT molecular complexity index is 713. The third kappa shape index (κ3) is 3.24. The van der Waals surface area contributed by atoms with Gasteiger partial charge in [0.1, 0.15) is 0 Å². The molecule has 2 unspecified atom stereocenters. The summed E-state index contributed by atoms with van der Waals surface area (Å²) in [5.74, 6) is -0.0877. The van der Waals surface area contributed by atoms with E-state index in [1.165, 1.54) is 5.56 Å². The van der Waals surface area contributed by atoms with Gasteiger partial charge in [0.2, 0.25) is 0 Å². The number of hydrogen-bond donors (Lipinski definition) is 1. The summed E-state index contributed by atoms with van der Waals surface area (Å²) in [6, 6.07) is 8.11. The average molecular weight is 330 g/mol. The molecule has 0 radical (unpaired) electrons. The zero-order valence-corrected chi connectivity index (χ0v) is 14.6. The summed E-state index contributed by atoms with van der Waals surface area (Å²) in [6.45, 7) is 6.12. The fourth-order valence-electron chi connectivity index (χ4n) is 3.03. The fraction of sp³-hybridized carbons (Fsp3) is 0.444. The number of nitrogens with zero attached hydrogens (tertiary/aromatic N) is 1. The normalized spacial score (nSPS) is 23.8. The molecular weight excluding hydrogens is 308 g/mol. The van der Waals surface area contributed by atoms with Crippen LogP contribution in [0.3, 0.4) is 0 Å². The lowest BCUT2D eigenvalue weighted by molar-refractivity contribution is -0.150. The molecule has 1 N–H and O–H groups in total. The number of ether oxygens (including phenoxy) is 1. The number of aryl methyl sites for hydroxylation is 1. The van der Waals surface area contributed by atoms with Crippen molar-refractivity contribution in [2.75, 3.05) is 5.32 Å². The number of benzene rings is 1. The van der Waals surface area contributed by atoms with E-state index in [1.807, 2.05) is 30.5 Å². The molecule has 0 amide bonds. The van der Waals surface area contributed by atoms with Gasteiger partial charge in [0.15, 0.2) is 10.7 Å². The van der Waals surface area contributed by atoms with Crippen LogP contribution in [0.25, 0.3) is 0 Å². The number of aromatic nitrogens is 1. The first-order valence-corrected chi connectivity index (χ1v) is 8.91. The molecule has 0 aliphatic carbocycles. The van der Waals surface area contributed by atoms with Crippen LogP contribution in [-0.4, -0.2) is 11.0 Å². The molecule has 1 aromatic heterocycles. The Labute approximate surface area is 140 Å². The lowest BCUT2D eigenvalue weighted by atomic mass is 9.91. The topological polar surface area (TPSA) is 51.2 Å². The standard InChI is InChI=1S/C18H22N2O2S/c1-4-7-13-10-18(3,22-16(13)21)15-11-23-17(20-15)19-14-9-6-5-8-12(14)2/h5-6,8-9,11,13H,4,7,10H2,1-3H3,(H,19,20). The monoisotopic (exact) mass is 330 g/mol. The van der Waals surface area contributed by atoms with E-state index in [4.69, 9.17) is 4.74 Å². The van der Waals surface area contributed by atoms with E-state index in [0.717, 1.165) is 29.4 Å². The SMILES string of the molecule is CCCC1CC(C)(c2csc(Nc3ccccc3C)n2)OC1=O. The molecular formula is C18H22N2O2S. The number of nitrogens with one attached hydrogen (secondary N) is 1. The highest BCUT2D eigenvalue weighted by molar-refractivity contribution is 7.13. The van der Waals surface area contributed by atoms with Gasteiger partial charge in [-0.1, -0.05) is 31.5 Å². The van der Waals surface area contributed by atoms with Gasteiger partial charge >= 0.3 is 5.97 Å². The average Bonchev–Trinajstić information content (AvgIpc) is 3.08. The maximum atomic E-state index is 12.0. The predicted octanol–water partition coefficient (Wildman–Crippen LogP) is 4.77. The van der Waals surface area contributed by atoms with Crippen LogP contribution in [0.4, 0.5) is 10.8 Å². The number of thiazole rings is 1. The van der Waals surface area contributed by atoms with Crippen molar-refractivity contribution < 1.29 is 9.53 Å². The molecule has 3 rings (SSSR count). The highest BCUT2D eigenvalue weighted by atomic mass is 32.1. The number of cyclic esters (lactones) is 1.